The van der Waals surface area contributed by atoms with Crippen molar-refractivity contribution in [3.63, 3.8) is 0 Å². The minimum Gasteiger partial charge on any atom is -0.356 e. The first-order valence-corrected chi connectivity index (χ1v) is 6.67. The third kappa shape index (κ3) is 1.98. The number of hydrogen-bond donors (Lipinski definition) is 0. The smallest absolute Gasteiger partial charge is 0.160 e. The van der Waals surface area contributed by atoms with E-state index in [9.17, 15) is 0 Å². The number of pyridine rings is 1. The number of hydrogen-bond acceptors (Lipinski definition) is 3. The van der Waals surface area contributed by atoms with Gasteiger partial charge in [0, 0.05) is 22.7 Å². The van der Waals surface area contributed by atoms with E-state index in [2.05, 4.69) is 32.1 Å². The van der Waals surface area contributed by atoms with Crippen LogP contribution in [-0.2, 0) is 4.74 Å². The maximum atomic E-state index is 5.76. The van der Waals surface area contributed by atoms with Crippen LogP contribution in [0, 0.1) is 6.92 Å². The zero-order chi connectivity index (χ0) is 11.8. The summed E-state index contributed by atoms with van der Waals surface area (Å²) in [6, 6.07) is 2.06. The van der Waals surface area contributed by atoms with E-state index in [4.69, 9.17) is 4.74 Å². The highest BCUT2D eigenvalue weighted by molar-refractivity contribution is 9.10. The van der Waals surface area contributed by atoms with Crippen LogP contribution in [0.4, 0.5) is 0 Å². The Bertz CT molecular complexity index is 546. The van der Waals surface area contributed by atoms with Gasteiger partial charge in [-0.1, -0.05) is 0 Å². The Balaban J connectivity index is 2.10. The molecular formula is C12H14BrN3O. The monoisotopic (exact) mass is 295 g/mol. The molecular weight excluding hydrogens is 282 g/mol. The van der Waals surface area contributed by atoms with Gasteiger partial charge in [-0.25, -0.2) is 9.67 Å². The summed E-state index contributed by atoms with van der Waals surface area (Å²) >= 11 is 3.44. The second-order valence-corrected chi connectivity index (χ2v) is 5.29. The van der Waals surface area contributed by atoms with Gasteiger partial charge in [0.25, 0.3) is 0 Å². The van der Waals surface area contributed by atoms with Crippen LogP contribution in [0.2, 0.25) is 0 Å². The lowest BCUT2D eigenvalue weighted by molar-refractivity contribution is -0.0371. The van der Waals surface area contributed by atoms with Gasteiger partial charge < -0.3 is 4.74 Å². The molecule has 0 saturated carbocycles. The lowest BCUT2D eigenvalue weighted by Crippen LogP contribution is -2.19. The highest BCUT2D eigenvalue weighted by Gasteiger charge is 2.20. The lowest BCUT2D eigenvalue weighted by atomic mass is 10.2. The fraction of sp³-hybridized carbons (Fsp3) is 0.500. The van der Waals surface area contributed by atoms with Gasteiger partial charge in [0.15, 0.2) is 11.9 Å². The van der Waals surface area contributed by atoms with E-state index in [1.165, 1.54) is 6.42 Å². The van der Waals surface area contributed by atoms with Crippen molar-refractivity contribution in [1.82, 2.24) is 14.8 Å². The van der Waals surface area contributed by atoms with Gasteiger partial charge in [-0.05, 0) is 48.2 Å². The van der Waals surface area contributed by atoms with Crippen molar-refractivity contribution in [2.45, 2.75) is 32.4 Å². The number of aromatic nitrogens is 3. The number of nitrogens with zero attached hydrogens (tertiary/aromatic N) is 3. The Morgan fingerprint density at radius 1 is 1.47 bits per heavy atom. The first kappa shape index (κ1) is 11.2. The molecule has 1 atom stereocenters. The predicted molar refractivity (Wildman–Crippen MR) is 68.8 cm³/mol. The van der Waals surface area contributed by atoms with E-state index >= 15 is 0 Å². The summed E-state index contributed by atoms with van der Waals surface area (Å²) in [5.41, 5.74) is 1.92. The molecule has 3 rings (SSSR count). The van der Waals surface area contributed by atoms with Gasteiger partial charge in [0.1, 0.15) is 0 Å². The van der Waals surface area contributed by atoms with E-state index in [1.807, 2.05) is 17.8 Å². The van der Waals surface area contributed by atoms with Gasteiger partial charge in [0.2, 0.25) is 0 Å². The Morgan fingerprint density at radius 3 is 3.12 bits per heavy atom. The van der Waals surface area contributed by atoms with Crippen LogP contribution in [0.15, 0.2) is 16.7 Å². The molecule has 0 bridgehead atoms. The summed E-state index contributed by atoms with van der Waals surface area (Å²) in [6.45, 7) is 2.83. The Kier molecular flexibility index (Phi) is 2.88. The van der Waals surface area contributed by atoms with Crippen molar-refractivity contribution < 1.29 is 4.74 Å². The zero-order valence-corrected chi connectivity index (χ0v) is 11.3. The third-order valence-electron chi connectivity index (χ3n) is 3.13. The summed E-state index contributed by atoms with van der Waals surface area (Å²) in [5, 5.41) is 5.65. The molecule has 90 valence electrons. The quantitative estimate of drug-likeness (QED) is 0.811. The van der Waals surface area contributed by atoms with Crippen LogP contribution in [0.25, 0.3) is 11.0 Å². The van der Waals surface area contributed by atoms with Crippen LogP contribution in [0.3, 0.4) is 0 Å². The highest BCUT2D eigenvalue weighted by Crippen LogP contribution is 2.27. The molecule has 0 aromatic carbocycles. The lowest BCUT2D eigenvalue weighted by Gasteiger charge is -2.22. The molecule has 2 aromatic rings. The zero-order valence-electron chi connectivity index (χ0n) is 9.69. The maximum absolute atomic E-state index is 5.76. The topological polar surface area (TPSA) is 39.9 Å². The average Bonchev–Trinajstić information content (AvgIpc) is 2.68. The summed E-state index contributed by atoms with van der Waals surface area (Å²) in [5.74, 6) is 0. The van der Waals surface area contributed by atoms with Gasteiger partial charge in [-0.15, -0.1) is 0 Å². The van der Waals surface area contributed by atoms with Crippen LogP contribution in [0.1, 0.15) is 31.2 Å². The fourth-order valence-corrected chi connectivity index (χ4v) is 2.59. The molecule has 1 aliphatic rings. The molecule has 1 aliphatic heterocycles. The second kappa shape index (κ2) is 4.38. The second-order valence-electron chi connectivity index (χ2n) is 4.38. The molecule has 2 aromatic heterocycles. The summed E-state index contributed by atoms with van der Waals surface area (Å²) in [6.07, 6.45) is 5.22. The first-order valence-electron chi connectivity index (χ1n) is 5.87. The van der Waals surface area contributed by atoms with Crippen molar-refractivity contribution in [2.75, 3.05) is 6.61 Å². The largest absolute Gasteiger partial charge is 0.356 e. The van der Waals surface area contributed by atoms with Gasteiger partial charge in [0.05, 0.1) is 5.69 Å². The summed E-state index contributed by atoms with van der Waals surface area (Å²) in [7, 11) is 0. The molecule has 0 radical (unpaired) electrons. The van der Waals surface area contributed by atoms with Crippen molar-refractivity contribution in [3.8, 4) is 0 Å². The number of halogens is 1. The summed E-state index contributed by atoms with van der Waals surface area (Å²) < 4.78 is 8.67. The molecule has 0 amide bonds. The molecule has 1 fully saturated rings. The van der Waals surface area contributed by atoms with E-state index in [1.54, 1.807) is 0 Å². The average molecular weight is 296 g/mol. The number of fused-ring (bicyclic) bond motifs is 1. The normalized spacial score (nSPS) is 20.9. The maximum Gasteiger partial charge on any atom is 0.160 e. The van der Waals surface area contributed by atoms with E-state index < -0.39 is 0 Å². The Morgan fingerprint density at radius 2 is 2.35 bits per heavy atom. The van der Waals surface area contributed by atoms with Crippen molar-refractivity contribution >= 4 is 27.0 Å². The SMILES string of the molecule is Cc1nn(C2CCCCO2)c2ncc(Br)cc12. The third-order valence-corrected chi connectivity index (χ3v) is 3.56. The minimum atomic E-state index is 0.0497. The van der Waals surface area contributed by atoms with Crippen molar-refractivity contribution in [3.05, 3.63) is 22.4 Å². The Hall–Kier alpha value is -0.940. The molecule has 17 heavy (non-hydrogen) atoms. The molecule has 3 heterocycles. The molecule has 4 nitrogen and oxygen atoms in total. The molecule has 1 unspecified atom stereocenters. The van der Waals surface area contributed by atoms with E-state index in [0.29, 0.717) is 0 Å². The minimum absolute atomic E-state index is 0.0497. The highest BCUT2D eigenvalue weighted by atomic mass is 79.9. The van der Waals surface area contributed by atoms with Gasteiger partial charge >= 0.3 is 0 Å². The van der Waals surface area contributed by atoms with Crippen LogP contribution in [0.5, 0.6) is 0 Å². The van der Waals surface area contributed by atoms with Crippen molar-refractivity contribution in [2.24, 2.45) is 0 Å². The fourth-order valence-electron chi connectivity index (χ4n) is 2.26. The van der Waals surface area contributed by atoms with Gasteiger partial charge in [-0.3, -0.25) is 0 Å². The van der Waals surface area contributed by atoms with Gasteiger partial charge in [-0.2, -0.15) is 5.10 Å². The first-order chi connectivity index (χ1) is 8.25. The van der Waals surface area contributed by atoms with E-state index in [-0.39, 0.29) is 6.23 Å². The van der Waals surface area contributed by atoms with Crippen molar-refractivity contribution in [1.29, 1.82) is 0 Å². The molecule has 0 aliphatic carbocycles. The number of ether oxygens (including phenoxy) is 1. The molecule has 5 heteroatoms. The molecule has 0 spiro atoms. The van der Waals surface area contributed by atoms with Crippen LogP contribution < -0.4 is 0 Å². The number of aryl methyl sites for hydroxylation is 1. The predicted octanol–water partition coefficient (Wildman–Crippen LogP) is 3.20. The standard InChI is InChI=1S/C12H14BrN3O/c1-8-10-6-9(13)7-14-12(10)16(15-8)11-4-2-3-5-17-11/h6-7,11H,2-5H2,1H3. The summed E-state index contributed by atoms with van der Waals surface area (Å²) in [4.78, 5) is 4.45. The molecule has 1 saturated heterocycles. The molecule has 0 N–H and O–H groups in total. The van der Waals surface area contributed by atoms with Crippen LogP contribution in [-0.4, -0.2) is 21.4 Å². The Labute approximate surface area is 108 Å². The van der Waals surface area contributed by atoms with Crippen LogP contribution >= 0.6 is 15.9 Å². The van der Waals surface area contributed by atoms with E-state index in [0.717, 1.165) is 40.6 Å². The number of rotatable bonds is 1.